The van der Waals surface area contributed by atoms with E-state index in [1.807, 2.05) is 0 Å². The highest BCUT2D eigenvalue weighted by molar-refractivity contribution is 5.76. The van der Waals surface area contributed by atoms with Gasteiger partial charge in [-0.15, -0.1) is 0 Å². The second-order valence-corrected chi connectivity index (χ2v) is 3.49. The zero-order valence-corrected chi connectivity index (χ0v) is 7.33. The summed E-state index contributed by atoms with van der Waals surface area (Å²) in [6.07, 6.45) is 1.10. The van der Waals surface area contributed by atoms with E-state index in [-0.39, 0.29) is 1.43 Å². The Morgan fingerprint density at radius 1 is 0.692 bits per heavy atom. The van der Waals surface area contributed by atoms with Gasteiger partial charge in [0.15, 0.2) is 0 Å². The third-order valence-electron chi connectivity index (χ3n) is 2.71. The van der Waals surface area contributed by atoms with Crippen LogP contribution in [0.5, 0.6) is 0 Å². The molecule has 1 radical (unpaired) electrons. The lowest BCUT2D eigenvalue weighted by molar-refractivity contribution is 1.26. The Bertz CT molecular complexity index is 417. The Morgan fingerprint density at radius 2 is 1.15 bits per heavy atom. The third kappa shape index (κ3) is 0.919. The second-order valence-electron chi connectivity index (χ2n) is 3.49. The van der Waals surface area contributed by atoms with E-state index in [2.05, 4.69) is 48.5 Å². The maximum atomic E-state index is 2.22. The molecule has 0 saturated carbocycles. The quantitative estimate of drug-likeness (QED) is 0.481. The number of benzene rings is 2. The number of fused-ring (bicyclic) bond motifs is 3. The van der Waals surface area contributed by atoms with Crippen LogP contribution in [-0.2, 0) is 6.42 Å². The van der Waals surface area contributed by atoms with E-state index >= 15 is 0 Å². The normalized spacial score (nSPS) is 12.3. The summed E-state index contributed by atoms with van der Waals surface area (Å²) >= 11 is 0. The van der Waals surface area contributed by atoms with Crippen LogP contribution in [0.3, 0.4) is 0 Å². The van der Waals surface area contributed by atoms with E-state index in [0.717, 1.165) is 6.42 Å². The molecule has 13 heavy (non-hydrogen) atoms. The zero-order chi connectivity index (χ0) is 8.67. The van der Waals surface area contributed by atoms with E-state index < -0.39 is 0 Å². The lowest BCUT2D eigenvalue weighted by Crippen LogP contribution is -1.77. The third-order valence-corrected chi connectivity index (χ3v) is 2.71. The molecule has 0 bridgehead atoms. The van der Waals surface area contributed by atoms with Gasteiger partial charge in [0.25, 0.3) is 0 Å². The Hall–Kier alpha value is -1.56. The largest absolute Gasteiger partial charge is 0.0619 e. The van der Waals surface area contributed by atoms with Crippen LogP contribution in [0.25, 0.3) is 11.1 Å². The molecule has 1 aliphatic carbocycles. The van der Waals surface area contributed by atoms with E-state index in [1.165, 1.54) is 22.3 Å². The lowest BCUT2D eigenvalue weighted by atomic mass is 10.1. The van der Waals surface area contributed by atoms with Crippen molar-refractivity contribution in [2.24, 2.45) is 0 Å². The molecule has 0 saturated heterocycles. The van der Waals surface area contributed by atoms with E-state index in [9.17, 15) is 0 Å². The maximum absolute atomic E-state index is 2.22. The summed E-state index contributed by atoms with van der Waals surface area (Å²) in [4.78, 5) is 0. The molecule has 63 valence electrons. The summed E-state index contributed by atoms with van der Waals surface area (Å²) < 4.78 is 0. The van der Waals surface area contributed by atoms with Gasteiger partial charge in [0.2, 0.25) is 0 Å². The first-order valence-corrected chi connectivity index (χ1v) is 4.61. The van der Waals surface area contributed by atoms with Gasteiger partial charge in [-0.3, -0.25) is 0 Å². The fourth-order valence-electron chi connectivity index (χ4n) is 2.08. The molecule has 0 atom stereocenters. The molecule has 0 unspecified atom stereocenters. The van der Waals surface area contributed by atoms with Crippen LogP contribution in [0.4, 0.5) is 0 Å². The van der Waals surface area contributed by atoms with Crippen LogP contribution in [0.2, 0.25) is 0 Å². The molecule has 0 N–H and O–H groups in total. The van der Waals surface area contributed by atoms with Gasteiger partial charge >= 0.3 is 0 Å². The first kappa shape index (κ1) is 6.90. The summed E-state index contributed by atoms with van der Waals surface area (Å²) in [5.41, 5.74) is 5.75. The van der Waals surface area contributed by atoms with Crippen LogP contribution in [0, 0.1) is 0 Å². The predicted molar refractivity (Wildman–Crippen MR) is 55.8 cm³/mol. The first-order chi connectivity index (χ1) is 6.45. The molecule has 0 heteroatoms. The fourth-order valence-corrected chi connectivity index (χ4v) is 2.08. The van der Waals surface area contributed by atoms with Crippen molar-refractivity contribution in [3.63, 3.8) is 0 Å². The van der Waals surface area contributed by atoms with Crippen molar-refractivity contribution in [2.45, 2.75) is 6.42 Å². The van der Waals surface area contributed by atoms with Gasteiger partial charge in [-0.05, 0) is 28.7 Å². The molecule has 0 heterocycles. The van der Waals surface area contributed by atoms with Crippen molar-refractivity contribution in [3.8, 4) is 11.1 Å². The van der Waals surface area contributed by atoms with Crippen LogP contribution >= 0.6 is 0 Å². The monoisotopic (exact) mass is 167 g/mol. The molecule has 0 amide bonds. The first-order valence-electron chi connectivity index (χ1n) is 4.61. The summed E-state index contributed by atoms with van der Waals surface area (Å²) in [5.74, 6) is 0. The smallest absolute Gasteiger partial charge is 0 e. The highest BCUT2D eigenvalue weighted by atomic mass is 14.2. The van der Waals surface area contributed by atoms with Crippen LogP contribution in [0.1, 0.15) is 12.6 Å². The summed E-state index contributed by atoms with van der Waals surface area (Å²) in [5, 5.41) is 0. The molecule has 0 spiro atoms. The number of hydrogen-bond acceptors (Lipinski definition) is 0. The van der Waals surface area contributed by atoms with Crippen LogP contribution in [0.15, 0.2) is 48.5 Å². The lowest BCUT2D eigenvalue weighted by Gasteiger charge is -1.98. The average Bonchev–Trinajstić information content (AvgIpc) is 2.56. The fraction of sp³-hybridized carbons (Fsp3) is 0.0769. The minimum atomic E-state index is 0. The molecule has 3 rings (SSSR count). The van der Waals surface area contributed by atoms with Gasteiger partial charge in [-0.2, -0.15) is 0 Å². The van der Waals surface area contributed by atoms with Gasteiger partial charge in [-0.25, -0.2) is 0 Å². The van der Waals surface area contributed by atoms with E-state index in [1.54, 1.807) is 0 Å². The molecular formula is C13H11. The SMILES string of the molecule is [H].c1ccc2c(c1)Cc1ccccc1-2. The Balaban J connectivity index is 0.000000750. The van der Waals surface area contributed by atoms with Crippen molar-refractivity contribution in [1.82, 2.24) is 0 Å². The summed E-state index contributed by atoms with van der Waals surface area (Å²) in [6, 6.07) is 17.3. The van der Waals surface area contributed by atoms with Gasteiger partial charge in [0, 0.05) is 1.43 Å². The van der Waals surface area contributed by atoms with E-state index in [0.29, 0.717) is 0 Å². The highest BCUT2D eigenvalue weighted by Gasteiger charge is 2.15. The molecule has 0 aliphatic heterocycles. The van der Waals surface area contributed by atoms with Gasteiger partial charge in [-0.1, -0.05) is 48.5 Å². The van der Waals surface area contributed by atoms with Gasteiger partial charge in [0.1, 0.15) is 0 Å². The van der Waals surface area contributed by atoms with Gasteiger partial charge < -0.3 is 0 Å². The Kier molecular flexibility index (Phi) is 1.31. The molecule has 0 fully saturated rings. The molecule has 0 nitrogen and oxygen atoms in total. The molecule has 1 aliphatic rings. The zero-order valence-electron chi connectivity index (χ0n) is 8.33. The average molecular weight is 167 g/mol. The van der Waals surface area contributed by atoms with E-state index in [4.69, 9.17) is 0 Å². The molecule has 2 aromatic rings. The topological polar surface area (TPSA) is 0 Å². The predicted octanol–water partition coefficient (Wildman–Crippen LogP) is 3.37. The van der Waals surface area contributed by atoms with Crippen LogP contribution in [-0.4, -0.2) is 0 Å². The number of hydrogen-bond donors (Lipinski definition) is 0. The van der Waals surface area contributed by atoms with Gasteiger partial charge in [0.05, 0.1) is 0 Å². The maximum Gasteiger partial charge on any atom is 0 e. The molecule has 0 aromatic heterocycles. The molecule has 2 aromatic carbocycles. The minimum absolute atomic E-state index is 0. The highest BCUT2D eigenvalue weighted by Crippen LogP contribution is 2.35. The van der Waals surface area contributed by atoms with Crippen LogP contribution < -0.4 is 0 Å². The second kappa shape index (κ2) is 2.46. The van der Waals surface area contributed by atoms with Crippen molar-refractivity contribution < 1.29 is 1.43 Å². The summed E-state index contributed by atoms with van der Waals surface area (Å²) in [7, 11) is 0. The van der Waals surface area contributed by atoms with Crippen molar-refractivity contribution in [2.75, 3.05) is 0 Å². The van der Waals surface area contributed by atoms with Crippen molar-refractivity contribution >= 4 is 0 Å². The standard InChI is InChI=1S/C13H10.H/c1-3-7-12-10(5-1)9-11-6-2-4-8-13(11)12;/h1-8H,9H2;. The molecular weight excluding hydrogens is 156 g/mol. The summed E-state index contributed by atoms with van der Waals surface area (Å²) in [6.45, 7) is 0. The van der Waals surface area contributed by atoms with Crippen molar-refractivity contribution in [3.05, 3.63) is 59.7 Å². The Labute approximate surface area is 79.3 Å². The number of rotatable bonds is 0. The van der Waals surface area contributed by atoms with Crippen molar-refractivity contribution in [1.29, 1.82) is 0 Å². The Morgan fingerprint density at radius 3 is 1.69 bits per heavy atom. The minimum Gasteiger partial charge on any atom is -0.0619 e.